The van der Waals surface area contributed by atoms with E-state index in [2.05, 4.69) is 10.3 Å². The molecule has 31 heavy (non-hydrogen) atoms. The Morgan fingerprint density at radius 1 is 1.03 bits per heavy atom. The topological polar surface area (TPSA) is 142 Å². The van der Waals surface area contributed by atoms with E-state index in [0.29, 0.717) is 22.6 Å². The molecule has 0 aliphatic heterocycles. The van der Waals surface area contributed by atoms with Crippen molar-refractivity contribution in [2.75, 3.05) is 0 Å². The van der Waals surface area contributed by atoms with Gasteiger partial charge >= 0.3 is 5.97 Å². The van der Waals surface area contributed by atoms with E-state index in [1.165, 1.54) is 25.1 Å². The van der Waals surface area contributed by atoms with Crippen LogP contribution in [0.3, 0.4) is 0 Å². The molecule has 2 aromatic carbocycles. The number of ether oxygens (including phenoxy) is 1. The molecule has 3 atom stereocenters. The highest BCUT2D eigenvalue weighted by Crippen LogP contribution is 2.19. The van der Waals surface area contributed by atoms with Gasteiger partial charge in [0.05, 0.1) is 18.2 Å². The van der Waals surface area contributed by atoms with E-state index >= 15 is 0 Å². The minimum atomic E-state index is -1.40. The second-order valence-corrected chi connectivity index (χ2v) is 6.86. The van der Waals surface area contributed by atoms with Crippen molar-refractivity contribution in [3.05, 3.63) is 59.7 Å². The number of hydrogen-bond donors (Lipinski definition) is 3. The summed E-state index contributed by atoms with van der Waals surface area (Å²) in [6, 6.07) is 11.1. The molecule has 0 aromatic heterocycles. The summed E-state index contributed by atoms with van der Waals surface area (Å²) in [6.45, 7) is 2.91. The first-order valence-corrected chi connectivity index (χ1v) is 9.41. The molecule has 2 rings (SSSR count). The number of ketones is 1. The summed E-state index contributed by atoms with van der Waals surface area (Å²) in [5.74, 6) is -1.70. The van der Waals surface area contributed by atoms with Crippen molar-refractivity contribution < 1.29 is 34.1 Å². The first-order valence-electron chi connectivity index (χ1n) is 9.41. The normalized spacial score (nSPS) is 13.3. The third kappa shape index (κ3) is 6.88. The van der Waals surface area contributed by atoms with Gasteiger partial charge in [-0.3, -0.25) is 9.59 Å². The predicted octanol–water partition coefficient (Wildman–Crippen LogP) is 1.99. The van der Waals surface area contributed by atoms with Crippen LogP contribution in [0.5, 0.6) is 5.75 Å². The van der Waals surface area contributed by atoms with Gasteiger partial charge < -0.3 is 20.3 Å². The molecule has 0 aliphatic carbocycles. The number of rotatable bonds is 10. The van der Waals surface area contributed by atoms with Crippen molar-refractivity contribution >= 4 is 29.4 Å². The number of carbonyl (C=O) groups excluding carboxylic acids is 3. The van der Waals surface area contributed by atoms with Crippen molar-refractivity contribution in [1.82, 2.24) is 5.32 Å². The predicted molar refractivity (Wildman–Crippen MR) is 110 cm³/mol. The molecule has 3 N–H and O–H groups in total. The number of aliphatic carboxylic acids is 1. The number of benzene rings is 2. The Bertz CT molecular complexity index is 978. The third-order valence-corrected chi connectivity index (χ3v) is 4.30. The maximum absolute atomic E-state index is 12.5. The van der Waals surface area contributed by atoms with E-state index in [1.54, 1.807) is 43.3 Å². The number of aliphatic hydroxyl groups is 1. The zero-order valence-electron chi connectivity index (χ0n) is 16.9. The third-order valence-electron chi connectivity index (χ3n) is 4.30. The SMILES string of the molecule is CC(O)C(NC(=O)C[C@H](C)Oc1ccc(C(=O)c2ccc(N=C=O)cc2)cc1)C(=O)O. The molecule has 9 heteroatoms. The summed E-state index contributed by atoms with van der Waals surface area (Å²) in [7, 11) is 0. The lowest BCUT2D eigenvalue weighted by Gasteiger charge is -2.19. The maximum Gasteiger partial charge on any atom is 0.328 e. The Morgan fingerprint density at radius 2 is 1.58 bits per heavy atom. The molecular formula is C22H22N2O7. The number of aliphatic hydroxyl groups excluding tert-OH is 1. The molecule has 0 fully saturated rings. The summed E-state index contributed by atoms with van der Waals surface area (Å²) in [4.78, 5) is 49.3. The number of nitrogens with zero attached hydrogens (tertiary/aromatic N) is 1. The fourth-order valence-electron chi connectivity index (χ4n) is 2.75. The molecule has 0 heterocycles. The molecule has 0 saturated carbocycles. The molecule has 2 unspecified atom stereocenters. The highest BCUT2D eigenvalue weighted by Gasteiger charge is 2.25. The molecule has 0 saturated heterocycles. The van der Waals surface area contributed by atoms with Crippen LogP contribution in [0, 0.1) is 0 Å². The van der Waals surface area contributed by atoms with Crippen molar-refractivity contribution in [3.8, 4) is 5.75 Å². The number of carboxylic acids is 1. The summed E-state index contributed by atoms with van der Waals surface area (Å²) < 4.78 is 5.64. The highest BCUT2D eigenvalue weighted by atomic mass is 16.5. The average Bonchev–Trinajstić information content (AvgIpc) is 2.72. The monoisotopic (exact) mass is 426 g/mol. The average molecular weight is 426 g/mol. The lowest BCUT2D eigenvalue weighted by Crippen LogP contribution is -2.48. The van der Waals surface area contributed by atoms with Gasteiger partial charge in [0.25, 0.3) is 0 Å². The first-order chi connectivity index (χ1) is 14.7. The smallest absolute Gasteiger partial charge is 0.328 e. The molecule has 0 bridgehead atoms. The Morgan fingerprint density at radius 3 is 2.06 bits per heavy atom. The second kappa shape index (κ2) is 10.8. The lowest BCUT2D eigenvalue weighted by molar-refractivity contribution is -0.145. The number of amides is 1. The Hall–Kier alpha value is -3.81. The van der Waals surface area contributed by atoms with Gasteiger partial charge in [-0.15, -0.1) is 0 Å². The molecule has 0 spiro atoms. The molecule has 9 nitrogen and oxygen atoms in total. The molecule has 2 aromatic rings. The number of hydrogen-bond acceptors (Lipinski definition) is 7. The zero-order valence-corrected chi connectivity index (χ0v) is 16.9. The van der Waals surface area contributed by atoms with E-state index < -0.39 is 30.1 Å². The fourth-order valence-corrected chi connectivity index (χ4v) is 2.75. The van der Waals surface area contributed by atoms with Gasteiger partial charge in [-0.25, -0.2) is 9.59 Å². The van der Waals surface area contributed by atoms with Crippen LogP contribution < -0.4 is 10.1 Å². The van der Waals surface area contributed by atoms with E-state index in [4.69, 9.17) is 9.84 Å². The number of carbonyl (C=O) groups is 3. The zero-order chi connectivity index (χ0) is 23.0. The van der Waals surface area contributed by atoms with Crippen LogP contribution in [-0.2, 0) is 14.4 Å². The maximum atomic E-state index is 12.5. The van der Waals surface area contributed by atoms with Crippen molar-refractivity contribution in [1.29, 1.82) is 0 Å². The molecule has 0 radical (unpaired) electrons. The highest BCUT2D eigenvalue weighted by molar-refractivity contribution is 6.09. The van der Waals surface area contributed by atoms with Crippen LogP contribution in [0.1, 0.15) is 36.2 Å². The van der Waals surface area contributed by atoms with Gasteiger partial charge in [0.2, 0.25) is 12.0 Å². The Balaban J connectivity index is 1.95. The van der Waals surface area contributed by atoms with Crippen LogP contribution in [-0.4, -0.2) is 52.2 Å². The minimum absolute atomic E-state index is 0.118. The second-order valence-electron chi connectivity index (χ2n) is 6.86. The van der Waals surface area contributed by atoms with Crippen LogP contribution >= 0.6 is 0 Å². The largest absolute Gasteiger partial charge is 0.490 e. The minimum Gasteiger partial charge on any atom is -0.490 e. The number of isocyanates is 1. The molecule has 0 aliphatic rings. The van der Waals surface area contributed by atoms with E-state index in [0.717, 1.165) is 0 Å². The number of carboxylic acid groups (broad SMARTS) is 1. The van der Waals surface area contributed by atoms with Crippen LogP contribution in [0.4, 0.5) is 5.69 Å². The van der Waals surface area contributed by atoms with Gasteiger partial charge in [-0.2, -0.15) is 4.99 Å². The fraction of sp³-hybridized carbons (Fsp3) is 0.273. The quantitative estimate of drug-likeness (QED) is 0.299. The van der Waals surface area contributed by atoms with Gasteiger partial charge in [0.15, 0.2) is 11.8 Å². The standard InChI is InChI=1S/C22H22N2O7/c1-13(11-19(27)24-20(14(2)26)22(29)30)31-18-9-5-16(6-10-18)21(28)15-3-7-17(8-4-15)23-12-25/h3-10,13-14,20,26H,11H2,1-2H3,(H,24,27)(H,29,30)/t13-,14?,20?/m0/s1. The Labute approximate surface area is 178 Å². The summed E-state index contributed by atoms with van der Waals surface area (Å²) in [6.07, 6.45) is -0.500. The Kier molecular flexibility index (Phi) is 8.19. The lowest BCUT2D eigenvalue weighted by atomic mass is 10.0. The van der Waals surface area contributed by atoms with E-state index in [-0.39, 0.29) is 12.2 Å². The number of nitrogens with one attached hydrogen (secondary N) is 1. The van der Waals surface area contributed by atoms with Gasteiger partial charge in [-0.1, -0.05) is 0 Å². The number of aliphatic imine (C=N–C) groups is 1. The van der Waals surface area contributed by atoms with Crippen LogP contribution in [0.25, 0.3) is 0 Å². The van der Waals surface area contributed by atoms with Crippen molar-refractivity contribution in [2.24, 2.45) is 4.99 Å². The molecule has 1 amide bonds. The molecular weight excluding hydrogens is 404 g/mol. The van der Waals surface area contributed by atoms with Gasteiger partial charge in [0.1, 0.15) is 11.9 Å². The van der Waals surface area contributed by atoms with Crippen LogP contribution in [0.2, 0.25) is 0 Å². The van der Waals surface area contributed by atoms with E-state index in [1.807, 2.05) is 0 Å². The van der Waals surface area contributed by atoms with Gasteiger partial charge in [0, 0.05) is 11.1 Å². The van der Waals surface area contributed by atoms with Gasteiger partial charge in [-0.05, 0) is 62.4 Å². The summed E-state index contributed by atoms with van der Waals surface area (Å²) >= 11 is 0. The molecule has 162 valence electrons. The van der Waals surface area contributed by atoms with E-state index in [9.17, 15) is 24.3 Å². The van der Waals surface area contributed by atoms with Crippen molar-refractivity contribution in [2.45, 2.75) is 38.5 Å². The summed E-state index contributed by atoms with van der Waals surface area (Å²) in [5, 5.41) is 20.7. The first kappa shape index (κ1) is 23.5. The summed E-state index contributed by atoms with van der Waals surface area (Å²) in [5.41, 5.74) is 1.25. The van der Waals surface area contributed by atoms with Crippen molar-refractivity contribution in [3.63, 3.8) is 0 Å². The van der Waals surface area contributed by atoms with Crippen LogP contribution in [0.15, 0.2) is 53.5 Å².